The van der Waals surface area contributed by atoms with E-state index in [1.54, 1.807) is 10.7 Å². The molecule has 0 aliphatic carbocycles. The van der Waals surface area contributed by atoms with Crippen molar-refractivity contribution in [2.45, 2.75) is 75.7 Å². The molecule has 1 aromatic carbocycles. The summed E-state index contributed by atoms with van der Waals surface area (Å²) in [5.41, 5.74) is 6.65. The summed E-state index contributed by atoms with van der Waals surface area (Å²) in [5, 5.41) is 4.72. The van der Waals surface area contributed by atoms with Crippen LogP contribution >= 0.6 is 0 Å². The number of hydrogen-bond acceptors (Lipinski definition) is 9. The number of benzene rings is 1. The Morgan fingerprint density at radius 3 is 2.83 bits per heavy atom. The number of rotatable bonds is 5. The van der Waals surface area contributed by atoms with Crippen LogP contribution in [0.2, 0.25) is 0 Å². The lowest BCUT2D eigenvalue weighted by Crippen LogP contribution is -2.43. The quantitative estimate of drug-likeness (QED) is 0.235. The van der Waals surface area contributed by atoms with Crippen molar-refractivity contribution in [1.29, 1.82) is 0 Å². The van der Waals surface area contributed by atoms with Gasteiger partial charge in [0.1, 0.15) is 18.6 Å². The highest BCUT2D eigenvalue weighted by Crippen LogP contribution is 2.44. The topological polar surface area (TPSA) is 107 Å². The molecule has 7 heterocycles. The fourth-order valence-electron chi connectivity index (χ4n) is 7.79. The molecule has 3 atom stereocenters. The van der Waals surface area contributed by atoms with E-state index in [9.17, 15) is 17.6 Å². The number of fused-ring (bicyclic) bond motifs is 5. The average molecular weight is 657 g/mol. The maximum absolute atomic E-state index is 15.3. The lowest BCUT2D eigenvalue weighted by molar-refractivity contribution is -0.140. The van der Waals surface area contributed by atoms with Gasteiger partial charge in [0.25, 0.3) is 0 Å². The number of hydrogen-bond donors (Lipinski definition) is 1. The Bertz CT molecular complexity index is 1850. The molecule has 2 N–H and O–H groups in total. The molecule has 4 aliphatic heterocycles. The van der Waals surface area contributed by atoms with Gasteiger partial charge in [0, 0.05) is 61.6 Å². The summed E-state index contributed by atoms with van der Waals surface area (Å²) in [7, 11) is 0. The van der Waals surface area contributed by atoms with Crippen LogP contribution in [0.4, 0.5) is 33.5 Å². The third-order valence-corrected chi connectivity index (χ3v) is 9.99. The zero-order valence-electron chi connectivity index (χ0n) is 25.4. The molecule has 0 bridgehead atoms. The number of halogens is 5. The summed E-state index contributed by atoms with van der Waals surface area (Å²) in [6.07, 6.45) is -0.130. The highest BCUT2D eigenvalue weighted by atomic mass is 19.4. The molecule has 0 spiro atoms. The number of aromatic nitrogens is 5. The van der Waals surface area contributed by atoms with Crippen LogP contribution in [0.25, 0.3) is 5.65 Å². The number of aryl methyl sites for hydroxylation is 1. The highest BCUT2D eigenvalue weighted by molar-refractivity contribution is 5.57. The van der Waals surface area contributed by atoms with Crippen LogP contribution in [0.3, 0.4) is 0 Å². The third-order valence-electron chi connectivity index (χ3n) is 9.99. The normalized spacial score (nSPS) is 24.7. The lowest BCUT2D eigenvalue weighted by Gasteiger charge is -2.33. The van der Waals surface area contributed by atoms with Crippen molar-refractivity contribution in [2.24, 2.45) is 0 Å². The molecule has 248 valence electrons. The van der Waals surface area contributed by atoms with Gasteiger partial charge in [-0.15, -0.1) is 0 Å². The van der Waals surface area contributed by atoms with Gasteiger partial charge in [0.2, 0.25) is 0 Å². The minimum Gasteiger partial charge on any atom is -0.461 e. The van der Waals surface area contributed by atoms with E-state index in [2.05, 4.69) is 19.8 Å². The summed E-state index contributed by atoms with van der Waals surface area (Å²) in [6, 6.07) is 3.53. The average Bonchev–Trinajstić information content (AvgIpc) is 3.63. The standard InChI is InChI=1S/C32H33F5N8O2/c33-18-13-31(7-2-10-44(31)14-18)17-47-30-40-24-12-25(26-21(32(35,36)37)5-6-22(38)27(26)34)46-16-20(24)29(41-30)43-9-1-4-23-19(15-43)28-39-8-3-11-45(28)42-23/h3,5-6,8,11,18,25H,1-2,4,7,9-10,12-17,38H2/t18-,25+,31+/m1/s1. The van der Waals surface area contributed by atoms with Gasteiger partial charge < -0.3 is 20.1 Å². The first-order valence-corrected chi connectivity index (χ1v) is 15.8. The molecule has 4 aliphatic rings. The second-order valence-electron chi connectivity index (χ2n) is 12.9. The SMILES string of the molecule is Nc1ccc(C(F)(F)F)c([C@@H]2Cc3nc(OC[C@@]45CCCN4C[C@H](F)C5)nc(N4CCCc5nn6cccnc6c5C4)c3CO2)c1F. The molecule has 0 radical (unpaired) electrons. The summed E-state index contributed by atoms with van der Waals surface area (Å²) in [5.74, 6) is -0.645. The monoisotopic (exact) mass is 656 g/mol. The van der Waals surface area contributed by atoms with Crippen molar-refractivity contribution in [3.63, 3.8) is 0 Å². The fourth-order valence-corrected chi connectivity index (χ4v) is 7.79. The maximum Gasteiger partial charge on any atom is 0.416 e. The summed E-state index contributed by atoms with van der Waals surface area (Å²) >= 11 is 0. The molecule has 0 unspecified atom stereocenters. The van der Waals surface area contributed by atoms with Crippen molar-refractivity contribution < 1.29 is 31.4 Å². The van der Waals surface area contributed by atoms with E-state index in [4.69, 9.17) is 25.3 Å². The Morgan fingerprint density at radius 2 is 1.98 bits per heavy atom. The molecular weight excluding hydrogens is 623 g/mol. The van der Waals surface area contributed by atoms with E-state index in [0.29, 0.717) is 43.1 Å². The minimum absolute atomic E-state index is 0.0366. The Hall–Kier alpha value is -4.11. The van der Waals surface area contributed by atoms with Crippen LogP contribution in [0, 0.1) is 5.82 Å². The number of alkyl halides is 4. The number of ether oxygens (including phenoxy) is 2. The van der Waals surface area contributed by atoms with Gasteiger partial charge >= 0.3 is 12.2 Å². The van der Waals surface area contributed by atoms with Gasteiger partial charge in [0.05, 0.1) is 40.9 Å². The highest BCUT2D eigenvalue weighted by Gasteiger charge is 2.49. The van der Waals surface area contributed by atoms with Crippen LogP contribution in [0.1, 0.15) is 65.4 Å². The number of nitrogens with zero attached hydrogens (tertiary/aromatic N) is 7. The Balaban J connectivity index is 1.18. The van der Waals surface area contributed by atoms with Gasteiger partial charge in [-0.25, -0.2) is 18.3 Å². The smallest absolute Gasteiger partial charge is 0.416 e. The predicted octanol–water partition coefficient (Wildman–Crippen LogP) is 4.98. The zero-order chi connectivity index (χ0) is 32.5. The van der Waals surface area contributed by atoms with Gasteiger partial charge in [0.15, 0.2) is 11.5 Å². The van der Waals surface area contributed by atoms with Gasteiger partial charge in [-0.3, -0.25) is 4.90 Å². The predicted molar refractivity (Wildman–Crippen MR) is 160 cm³/mol. The maximum atomic E-state index is 15.3. The number of nitrogen functional groups attached to an aromatic ring is 1. The van der Waals surface area contributed by atoms with Crippen molar-refractivity contribution in [2.75, 3.05) is 36.9 Å². The van der Waals surface area contributed by atoms with Gasteiger partial charge in [-0.1, -0.05) is 0 Å². The molecule has 2 saturated heterocycles. The second-order valence-corrected chi connectivity index (χ2v) is 12.9. The lowest BCUT2D eigenvalue weighted by atomic mass is 9.94. The van der Waals surface area contributed by atoms with E-state index >= 15 is 4.39 Å². The summed E-state index contributed by atoms with van der Waals surface area (Å²) in [4.78, 5) is 18.2. The molecule has 3 aromatic heterocycles. The number of nitrogens with two attached hydrogens (primary N) is 1. The zero-order valence-corrected chi connectivity index (χ0v) is 25.4. The molecule has 15 heteroatoms. The van der Waals surface area contributed by atoms with Crippen molar-refractivity contribution >= 4 is 17.2 Å². The first kappa shape index (κ1) is 30.2. The van der Waals surface area contributed by atoms with E-state index in [1.807, 2.05) is 12.3 Å². The van der Waals surface area contributed by atoms with Crippen molar-refractivity contribution in [1.82, 2.24) is 29.5 Å². The first-order valence-electron chi connectivity index (χ1n) is 15.8. The molecule has 2 fully saturated rings. The fraction of sp³-hybridized carbons (Fsp3) is 0.500. The van der Waals surface area contributed by atoms with Gasteiger partial charge in [-0.2, -0.15) is 28.2 Å². The Morgan fingerprint density at radius 1 is 1.11 bits per heavy atom. The van der Waals surface area contributed by atoms with Crippen molar-refractivity contribution in [3.8, 4) is 6.01 Å². The summed E-state index contributed by atoms with van der Waals surface area (Å²) in [6.45, 7) is 2.19. The van der Waals surface area contributed by atoms with E-state index < -0.39 is 46.6 Å². The molecule has 0 saturated carbocycles. The minimum atomic E-state index is -4.83. The van der Waals surface area contributed by atoms with Crippen LogP contribution in [-0.2, 0) is 36.9 Å². The van der Waals surface area contributed by atoms with Crippen LogP contribution in [-0.4, -0.2) is 67.4 Å². The largest absolute Gasteiger partial charge is 0.461 e. The van der Waals surface area contributed by atoms with Gasteiger partial charge in [-0.05, 0) is 50.4 Å². The van der Waals surface area contributed by atoms with E-state index in [-0.39, 0.29) is 25.6 Å². The second kappa shape index (κ2) is 11.3. The molecule has 4 aromatic rings. The van der Waals surface area contributed by atoms with Crippen molar-refractivity contribution in [3.05, 3.63) is 70.1 Å². The molecule has 47 heavy (non-hydrogen) atoms. The summed E-state index contributed by atoms with van der Waals surface area (Å²) < 4.78 is 85.9. The van der Waals surface area contributed by atoms with Crippen LogP contribution in [0.5, 0.6) is 6.01 Å². The molecular formula is C32H33F5N8O2. The Kier molecular flexibility index (Phi) is 7.24. The van der Waals surface area contributed by atoms with Crippen LogP contribution < -0.4 is 15.4 Å². The van der Waals surface area contributed by atoms with Crippen LogP contribution in [0.15, 0.2) is 30.6 Å². The first-order chi connectivity index (χ1) is 22.6. The third kappa shape index (κ3) is 5.23. The molecule has 10 nitrogen and oxygen atoms in total. The molecule has 0 amide bonds. The van der Waals surface area contributed by atoms with E-state index in [0.717, 1.165) is 61.3 Å². The molecule has 8 rings (SSSR count). The van der Waals surface area contributed by atoms with E-state index in [1.165, 1.54) is 0 Å². The number of anilines is 2. The Labute approximate surface area is 266 Å².